The number of aromatic nitrogens is 1. The molecule has 3 aromatic rings. The highest BCUT2D eigenvalue weighted by Gasteiger charge is 2.12. The van der Waals surface area contributed by atoms with Gasteiger partial charge in [0.1, 0.15) is 5.82 Å². The fourth-order valence-corrected chi connectivity index (χ4v) is 2.38. The highest BCUT2D eigenvalue weighted by Crippen LogP contribution is 2.20. The Balaban J connectivity index is 1.54. The van der Waals surface area contributed by atoms with Crippen molar-refractivity contribution in [2.24, 2.45) is 0 Å². The molecular formula is C19H18FN3O2. The van der Waals surface area contributed by atoms with Crippen LogP contribution in [0.1, 0.15) is 5.89 Å². The molecule has 0 aliphatic rings. The molecule has 1 aromatic heterocycles. The van der Waals surface area contributed by atoms with Crippen LogP contribution in [0.4, 0.5) is 10.1 Å². The average Bonchev–Trinajstić information content (AvgIpc) is 3.06. The van der Waals surface area contributed by atoms with Crippen molar-refractivity contribution in [3.63, 3.8) is 0 Å². The lowest BCUT2D eigenvalue weighted by Crippen LogP contribution is -2.29. The number of carbonyl (C=O) groups excluding carboxylic acids is 1. The molecule has 0 saturated carbocycles. The normalized spacial score (nSPS) is 10.8. The van der Waals surface area contributed by atoms with Crippen molar-refractivity contribution in [3.8, 4) is 11.3 Å². The summed E-state index contributed by atoms with van der Waals surface area (Å²) in [7, 11) is 1.80. The van der Waals surface area contributed by atoms with Gasteiger partial charge in [0.25, 0.3) is 0 Å². The minimum atomic E-state index is -0.340. The first-order valence-corrected chi connectivity index (χ1v) is 7.84. The van der Waals surface area contributed by atoms with Crippen LogP contribution in [0.3, 0.4) is 0 Å². The van der Waals surface area contributed by atoms with Crippen molar-refractivity contribution < 1.29 is 13.6 Å². The molecule has 0 saturated heterocycles. The van der Waals surface area contributed by atoms with Crippen LogP contribution in [-0.2, 0) is 11.3 Å². The summed E-state index contributed by atoms with van der Waals surface area (Å²) < 4.78 is 18.6. The number of benzene rings is 2. The first-order valence-electron chi connectivity index (χ1n) is 7.84. The summed E-state index contributed by atoms with van der Waals surface area (Å²) in [5, 5.41) is 2.72. The second-order valence-corrected chi connectivity index (χ2v) is 5.71. The Hall–Kier alpha value is -2.99. The zero-order valence-corrected chi connectivity index (χ0v) is 13.8. The highest BCUT2D eigenvalue weighted by atomic mass is 19.1. The summed E-state index contributed by atoms with van der Waals surface area (Å²) in [5.41, 5.74) is 1.51. The maximum absolute atomic E-state index is 12.9. The smallest absolute Gasteiger partial charge is 0.238 e. The summed E-state index contributed by atoms with van der Waals surface area (Å²) in [4.78, 5) is 18.1. The molecule has 128 valence electrons. The van der Waals surface area contributed by atoms with Gasteiger partial charge in [0.15, 0.2) is 5.76 Å². The topological polar surface area (TPSA) is 58.4 Å². The minimum absolute atomic E-state index is 0.167. The van der Waals surface area contributed by atoms with Crippen LogP contribution in [0.15, 0.2) is 65.2 Å². The largest absolute Gasteiger partial charge is 0.439 e. The zero-order chi connectivity index (χ0) is 17.6. The Morgan fingerprint density at radius 3 is 2.60 bits per heavy atom. The highest BCUT2D eigenvalue weighted by molar-refractivity contribution is 5.92. The molecule has 5 nitrogen and oxygen atoms in total. The van der Waals surface area contributed by atoms with E-state index >= 15 is 0 Å². The maximum atomic E-state index is 12.9. The van der Waals surface area contributed by atoms with E-state index in [1.54, 1.807) is 18.1 Å². The van der Waals surface area contributed by atoms with Crippen molar-refractivity contribution in [2.45, 2.75) is 6.54 Å². The van der Waals surface area contributed by atoms with Gasteiger partial charge in [0.2, 0.25) is 11.8 Å². The van der Waals surface area contributed by atoms with Crippen LogP contribution in [-0.4, -0.2) is 29.4 Å². The molecule has 0 fully saturated rings. The van der Waals surface area contributed by atoms with Gasteiger partial charge in [0, 0.05) is 11.3 Å². The van der Waals surface area contributed by atoms with Crippen LogP contribution in [0.25, 0.3) is 11.3 Å². The number of carbonyl (C=O) groups is 1. The van der Waals surface area contributed by atoms with Crippen LogP contribution in [0.2, 0.25) is 0 Å². The number of hydrogen-bond acceptors (Lipinski definition) is 4. The van der Waals surface area contributed by atoms with E-state index in [2.05, 4.69) is 10.3 Å². The third-order valence-electron chi connectivity index (χ3n) is 3.56. The van der Waals surface area contributed by atoms with E-state index in [1.165, 1.54) is 24.3 Å². The molecule has 0 radical (unpaired) electrons. The van der Waals surface area contributed by atoms with Crippen LogP contribution < -0.4 is 5.32 Å². The molecule has 1 heterocycles. The molecule has 0 unspecified atom stereocenters. The summed E-state index contributed by atoms with van der Waals surface area (Å²) in [6.07, 6.45) is 1.68. The van der Waals surface area contributed by atoms with Gasteiger partial charge in [-0.3, -0.25) is 9.69 Å². The van der Waals surface area contributed by atoms with Crippen LogP contribution in [0.5, 0.6) is 0 Å². The monoisotopic (exact) mass is 339 g/mol. The molecule has 6 heteroatoms. The predicted octanol–water partition coefficient (Wildman–Crippen LogP) is 3.55. The number of oxazole rings is 1. The summed E-state index contributed by atoms with van der Waals surface area (Å²) in [5.74, 6) is 0.702. The lowest BCUT2D eigenvalue weighted by atomic mass is 10.2. The molecule has 1 amide bonds. The number of rotatable bonds is 6. The van der Waals surface area contributed by atoms with E-state index in [-0.39, 0.29) is 18.3 Å². The standard InChI is InChI=1S/C19H18FN3O2/c1-23(12-18(24)22-16-9-7-15(20)8-10-16)13-19-21-11-17(25-19)14-5-3-2-4-6-14/h2-11H,12-13H2,1H3,(H,22,24). The summed E-state index contributed by atoms with van der Waals surface area (Å²) in [6, 6.07) is 15.4. The Morgan fingerprint density at radius 1 is 1.16 bits per heavy atom. The van der Waals surface area contributed by atoms with E-state index in [4.69, 9.17) is 4.42 Å². The van der Waals surface area contributed by atoms with Gasteiger partial charge < -0.3 is 9.73 Å². The quantitative estimate of drug-likeness (QED) is 0.746. The molecular weight excluding hydrogens is 321 g/mol. The van der Waals surface area contributed by atoms with Crippen LogP contribution >= 0.6 is 0 Å². The lowest BCUT2D eigenvalue weighted by molar-refractivity contribution is -0.117. The second-order valence-electron chi connectivity index (χ2n) is 5.71. The SMILES string of the molecule is CN(CC(=O)Nc1ccc(F)cc1)Cc1ncc(-c2ccccc2)o1. The number of nitrogens with zero attached hydrogens (tertiary/aromatic N) is 2. The van der Waals surface area contributed by atoms with E-state index in [0.717, 1.165) is 5.56 Å². The Morgan fingerprint density at radius 2 is 1.88 bits per heavy atom. The van der Waals surface area contributed by atoms with Gasteiger partial charge in [0.05, 0.1) is 19.3 Å². The molecule has 0 atom stereocenters. The fraction of sp³-hybridized carbons (Fsp3) is 0.158. The van der Waals surface area contributed by atoms with E-state index < -0.39 is 0 Å². The Labute approximate surface area is 145 Å². The molecule has 1 N–H and O–H groups in total. The Kier molecular flexibility index (Phi) is 5.20. The summed E-state index contributed by atoms with van der Waals surface area (Å²) >= 11 is 0. The molecule has 0 spiro atoms. The van der Waals surface area contributed by atoms with Crippen molar-refractivity contribution in [1.29, 1.82) is 0 Å². The van der Waals surface area contributed by atoms with Crippen LogP contribution in [0, 0.1) is 5.82 Å². The van der Waals surface area contributed by atoms with Crippen molar-refractivity contribution in [2.75, 3.05) is 18.9 Å². The predicted molar refractivity (Wildman–Crippen MR) is 93.3 cm³/mol. The fourth-order valence-electron chi connectivity index (χ4n) is 2.38. The van der Waals surface area contributed by atoms with E-state index in [0.29, 0.717) is 23.9 Å². The molecule has 3 rings (SSSR count). The van der Waals surface area contributed by atoms with Crippen molar-refractivity contribution >= 4 is 11.6 Å². The van der Waals surface area contributed by atoms with Gasteiger partial charge in [-0.25, -0.2) is 9.37 Å². The van der Waals surface area contributed by atoms with Gasteiger partial charge in [-0.05, 0) is 31.3 Å². The van der Waals surface area contributed by atoms with Crippen molar-refractivity contribution in [3.05, 3.63) is 72.5 Å². The number of likely N-dealkylation sites (N-methyl/N-ethyl adjacent to an activating group) is 1. The van der Waals surface area contributed by atoms with E-state index in [1.807, 2.05) is 30.3 Å². The first kappa shape index (κ1) is 16.9. The van der Waals surface area contributed by atoms with Gasteiger partial charge in [-0.15, -0.1) is 0 Å². The summed E-state index contributed by atoms with van der Waals surface area (Å²) in [6.45, 7) is 0.574. The van der Waals surface area contributed by atoms with E-state index in [9.17, 15) is 9.18 Å². The maximum Gasteiger partial charge on any atom is 0.238 e. The number of halogens is 1. The number of amides is 1. The third-order valence-corrected chi connectivity index (χ3v) is 3.56. The zero-order valence-electron chi connectivity index (χ0n) is 13.8. The molecule has 0 bridgehead atoms. The van der Waals surface area contributed by atoms with Crippen molar-refractivity contribution in [1.82, 2.24) is 9.88 Å². The molecule has 2 aromatic carbocycles. The first-order chi connectivity index (χ1) is 12.1. The third kappa shape index (κ3) is 4.74. The minimum Gasteiger partial charge on any atom is -0.439 e. The van der Waals surface area contributed by atoms with Gasteiger partial charge in [-0.1, -0.05) is 30.3 Å². The number of hydrogen-bond donors (Lipinski definition) is 1. The van der Waals surface area contributed by atoms with Gasteiger partial charge in [-0.2, -0.15) is 0 Å². The average molecular weight is 339 g/mol. The number of nitrogens with one attached hydrogen (secondary N) is 1. The van der Waals surface area contributed by atoms with Gasteiger partial charge >= 0.3 is 0 Å². The molecule has 0 aliphatic heterocycles. The lowest BCUT2D eigenvalue weighted by Gasteiger charge is -2.14. The Bertz CT molecular complexity index is 831. The molecule has 0 aliphatic carbocycles. The number of anilines is 1. The second kappa shape index (κ2) is 7.72. The molecule has 25 heavy (non-hydrogen) atoms.